The molecule has 0 N–H and O–H groups in total. The third kappa shape index (κ3) is 2.66. The number of rotatable bonds is 2. The molecule has 0 radical (unpaired) electrons. The Morgan fingerprint density at radius 1 is 1.46 bits per heavy atom. The summed E-state index contributed by atoms with van der Waals surface area (Å²) in [6.07, 6.45) is 4.63. The highest BCUT2D eigenvalue weighted by Crippen LogP contribution is 2.16. The zero-order valence-corrected chi connectivity index (χ0v) is 9.17. The summed E-state index contributed by atoms with van der Waals surface area (Å²) in [6.45, 7) is 7.44. The van der Waals surface area contributed by atoms with Gasteiger partial charge in [0, 0.05) is 17.5 Å². The molecule has 1 saturated heterocycles. The fourth-order valence-corrected chi connectivity index (χ4v) is 1.86. The Balaban J connectivity index is 2.66. The van der Waals surface area contributed by atoms with Crippen molar-refractivity contribution in [2.75, 3.05) is 13.6 Å². The number of likely N-dealkylation sites (tertiary alicyclic amines) is 1. The van der Waals surface area contributed by atoms with Crippen molar-refractivity contribution in [3.8, 4) is 0 Å². The summed E-state index contributed by atoms with van der Waals surface area (Å²) < 4.78 is 0. The molecule has 1 rings (SSSR count). The van der Waals surface area contributed by atoms with Gasteiger partial charge in [0.1, 0.15) is 0 Å². The van der Waals surface area contributed by atoms with Gasteiger partial charge in [-0.15, -0.1) is 0 Å². The number of allylic oxidation sites excluding steroid dienone is 2. The van der Waals surface area contributed by atoms with Crippen LogP contribution < -0.4 is 0 Å². The van der Waals surface area contributed by atoms with Crippen LogP contribution >= 0.6 is 0 Å². The summed E-state index contributed by atoms with van der Waals surface area (Å²) in [6, 6.07) is 0.579. The first-order chi connectivity index (χ1) is 6.15. The summed E-state index contributed by atoms with van der Waals surface area (Å²) in [5.41, 5.74) is 2.38. The summed E-state index contributed by atoms with van der Waals surface area (Å²) in [5.74, 6) is 0. The van der Waals surface area contributed by atoms with Crippen molar-refractivity contribution in [3.63, 3.8) is 0 Å². The van der Waals surface area contributed by atoms with Crippen LogP contribution in [0.1, 0.15) is 33.6 Å². The minimum Gasteiger partial charge on any atom is -0.298 e. The number of hydrogen-bond donors (Lipinski definition) is 0. The van der Waals surface area contributed by atoms with Gasteiger partial charge in [-0.05, 0) is 47.2 Å². The van der Waals surface area contributed by atoms with E-state index in [0.29, 0.717) is 6.04 Å². The van der Waals surface area contributed by atoms with Crippen molar-refractivity contribution in [1.29, 1.82) is 0 Å². The van der Waals surface area contributed by atoms with Gasteiger partial charge < -0.3 is 0 Å². The highest BCUT2D eigenvalue weighted by molar-refractivity contribution is 5.88. The Morgan fingerprint density at radius 3 is 2.62 bits per heavy atom. The van der Waals surface area contributed by atoms with Gasteiger partial charge in [-0.2, -0.15) is 0 Å². The van der Waals surface area contributed by atoms with Crippen LogP contribution in [-0.4, -0.2) is 30.2 Å². The van der Waals surface area contributed by atoms with Crippen LogP contribution in [-0.2, 0) is 0 Å². The zero-order valence-electron chi connectivity index (χ0n) is 9.17. The fraction of sp³-hybridized carbons (Fsp3) is 0.727. The van der Waals surface area contributed by atoms with Crippen LogP contribution in [0.2, 0.25) is 0 Å². The third-order valence-electron chi connectivity index (χ3n) is 2.77. The average Bonchev–Trinajstić information content (AvgIpc) is 2.51. The van der Waals surface area contributed by atoms with E-state index in [-0.39, 0.29) is 0 Å². The first-order valence-electron chi connectivity index (χ1n) is 5.03. The van der Waals surface area contributed by atoms with E-state index >= 15 is 0 Å². The summed E-state index contributed by atoms with van der Waals surface area (Å²) in [5, 5.41) is 0. The second-order valence-corrected chi connectivity index (χ2v) is 3.82. The normalized spacial score (nSPS) is 26.9. The molecule has 0 spiro atoms. The van der Waals surface area contributed by atoms with E-state index in [9.17, 15) is 0 Å². The Bertz CT molecular complexity index is 228. The Labute approximate surface area is 81.3 Å². The lowest BCUT2D eigenvalue weighted by Crippen LogP contribution is -2.31. The quantitative estimate of drug-likeness (QED) is 0.596. The first-order valence-corrected chi connectivity index (χ1v) is 5.03. The van der Waals surface area contributed by atoms with E-state index in [0.717, 1.165) is 5.70 Å². The van der Waals surface area contributed by atoms with E-state index in [1.165, 1.54) is 25.1 Å². The maximum absolute atomic E-state index is 4.56. The van der Waals surface area contributed by atoms with Crippen LogP contribution in [0.4, 0.5) is 0 Å². The SMILES string of the molecule is C/C=C(/C)N=C(C)C1CCCN1C. The highest BCUT2D eigenvalue weighted by atomic mass is 15.2. The van der Waals surface area contributed by atoms with E-state index in [4.69, 9.17) is 0 Å². The number of nitrogens with zero attached hydrogens (tertiary/aromatic N) is 2. The molecule has 1 heterocycles. The Kier molecular flexibility index (Phi) is 3.67. The van der Waals surface area contributed by atoms with Crippen molar-refractivity contribution in [2.45, 2.75) is 39.7 Å². The minimum atomic E-state index is 0.579. The van der Waals surface area contributed by atoms with Crippen molar-refractivity contribution >= 4 is 5.71 Å². The predicted molar refractivity (Wildman–Crippen MR) is 58.2 cm³/mol. The second-order valence-electron chi connectivity index (χ2n) is 3.82. The Morgan fingerprint density at radius 2 is 2.15 bits per heavy atom. The van der Waals surface area contributed by atoms with Crippen LogP contribution in [0.25, 0.3) is 0 Å². The topological polar surface area (TPSA) is 15.6 Å². The number of aliphatic imine (C=N–C) groups is 1. The highest BCUT2D eigenvalue weighted by Gasteiger charge is 2.22. The maximum Gasteiger partial charge on any atom is 0.0475 e. The molecule has 1 fully saturated rings. The number of hydrogen-bond acceptors (Lipinski definition) is 2. The molecule has 0 bridgehead atoms. The van der Waals surface area contributed by atoms with Gasteiger partial charge in [-0.1, -0.05) is 6.08 Å². The molecule has 0 aromatic heterocycles. The molecule has 0 aromatic rings. The average molecular weight is 180 g/mol. The van der Waals surface area contributed by atoms with Gasteiger partial charge in [-0.3, -0.25) is 9.89 Å². The molecule has 1 unspecified atom stereocenters. The molecule has 1 aliphatic heterocycles. The minimum absolute atomic E-state index is 0.579. The zero-order chi connectivity index (χ0) is 9.84. The van der Waals surface area contributed by atoms with Crippen LogP contribution in [0.5, 0.6) is 0 Å². The summed E-state index contributed by atoms with van der Waals surface area (Å²) >= 11 is 0. The van der Waals surface area contributed by atoms with Gasteiger partial charge in [0.15, 0.2) is 0 Å². The second kappa shape index (κ2) is 4.56. The fourth-order valence-electron chi connectivity index (χ4n) is 1.86. The monoisotopic (exact) mass is 180 g/mol. The molecule has 2 nitrogen and oxygen atoms in total. The Hall–Kier alpha value is -0.630. The molecule has 74 valence electrons. The molecule has 13 heavy (non-hydrogen) atoms. The smallest absolute Gasteiger partial charge is 0.0475 e. The molecular weight excluding hydrogens is 160 g/mol. The van der Waals surface area contributed by atoms with E-state index in [1.54, 1.807) is 0 Å². The molecule has 0 amide bonds. The van der Waals surface area contributed by atoms with Crippen LogP contribution in [0.3, 0.4) is 0 Å². The predicted octanol–water partition coefficient (Wildman–Crippen LogP) is 2.47. The van der Waals surface area contributed by atoms with Gasteiger partial charge >= 0.3 is 0 Å². The molecular formula is C11H20N2. The molecule has 0 saturated carbocycles. The van der Waals surface area contributed by atoms with Gasteiger partial charge in [0.2, 0.25) is 0 Å². The largest absolute Gasteiger partial charge is 0.298 e. The van der Waals surface area contributed by atoms with Gasteiger partial charge in [0.05, 0.1) is 0 Å². The lowest BCUT2D eigenvalue weighted by Gasteiger charge is -2.19. The molecule has 2 heteroatoms. The van der Waals surface area contributed by atoms with Gasteiger partial charge in [0.25, 0.3) is 0 Å². The van der Waals surface area contributed by atoms with Crippen LogP contribution in [0.15, 0.2) is 16.8 Å². The molecule has 0 aromatic carbocycles. The van der Waals surface area contributed by atoms with Crippen molar-refractivity contribution in [2.24, 2.45) is 4.99 Å². The standard InChI is InChI=1S/C11H20N2/c1-5-9(2)12-10(3)11-7-6-8-13(11)4/h5,11H,6-8H2,1-4H3/b9-5-,12-10?. The lowest BCUT2D eigenvalue weighted by atomic mass is 10.1. The lowest BCUT2D eigenvalue weighted by molar-refractivity contribution is 0.372. The first kappa shape index (κ1) is 10.5. The molecule has 1 atom stereocenters. The van der Waals surface area contributed by atoms with Crippen molar-refractivity contribution in [1.82, 2.24) is 4.90 Å². The van der Waals surface area contributed by atoms with Crippen molar-refractivity contribution in [3.05, 3.63) is 11.8 Å². The molecule has 0 aliphatic carbocycles. The summed E-state index contributed by atoms with van der Waals surface area (Å²) in [4.78, 5) is 6.95. The summed E-state index contributed by atoms with van der Waals surface area (Å²) in [7, 11) is 2.18. The van der Waals surface area contributed by atoms with E-state index < -0.39 is 0 Å². The van der Waals surface area contributed by atoms with Crippen molar-refractivity contribution < 1.29 is 0 Å². The van der Waals surface area contributed by atoms with E-state index in [1.807, 2.05) is 6.92 Å². The maximum atomic E-state index is 4.56. The van der Waals surface area contributed by atoms with Gasteiger partial charge in [-0.25, -0.2) is 0 Å². The van der Waals surface area contributed by atoms with E-state index in [2.05, 4.69) is 36.9 Å². The third-order valence-corrected chi connectivity index (χ3v) is 2.77. The molecule has 1 aliphatic rings. The van der Waals surface area contributed by atoms with Crippen LogP contribution in [0, 0.1) is 0 Å².